The second-order valence-electron chi connectivity index (χ2n) is 5.78. The number of hydrogen-bond acceptors (Lipinski definition) is 5. The first-order valence-electron chi connectivity index (χ1n) is 8.09. The monoisotopic (exact) mass is 350 g/mol. The standard InChI is InChI=1S/C19H18N4O3/c1-13(21-12-14-6-5-9-20-11-14)18-16(10-17(24)25)22-23(19(18)26)15-7-3-2-4-8-15/h2-9,11,21H,10,12H2,1H3,(H,24,25)/b18-13-. The number of rotatable bonds is 6. The summed E-state index contributed by atoms with van der Waals surface area (Å²) in [6.07, 6.45) is 3.09. The summed E-state index contributed by atoms with van der Waals surface area (Å²) < 4.78 is 0. The summed E-state index contributed by atoms with van der Waals surface area (Å²) >= 11 is 0. The number of pyridine rings is 1. The fourth-order valence-electron chi connectivity index (χ4n) is 2.66. The highest BCUT2D eigenvalue weighted by atomic mass is 16.4. The zero-order valence-electron chi connectivity index (χ0n) is 14.2. The van der Waals surface area contributed by atoms with E-state index >= 15 is 0 Å². The van der Waals surface area contributed by atoms with Crippen molar-refractivity contribution >= 4 is 23.3 Å². The maximum atomic E-state index is 12.9. The molecular weight excluding hydrogens is 332 g/mol. The molecule has 0 bridgehead atoms. The largest absolute Gasteiger partial charge is 0.481 e. The van der Waals surface area contributed by atoms with Crippen molar-refractivity contribution in [1.82, 2.24) is 10.3 Å². The van der Waals surface area contributed by atoms with Crippen LogP contribution in [0.15, 0.2) is 71.2 Å². The Morgan fingerprint density at radius 2 is 1.96 bits per heavy atom. The lowest BCUT2D eigenvalue weighted by atomic mass is 10.1. The van der Waals surface area contributed by atoms with E-state index in [1.54, 1.807) is 43.6 Å². The maximum Gasteiger partial charge on any atom is 0.309 e. The van der Waals surface area contributed by atoms with Gasteiger partial charge < -0.3 is 10.4 Å². The lowest BCUT2D eigenvalue weighted by molar-refractivity contribution is -0.135. The third-order valence-corrected chi connectivity index (χ3v) is 3.89. The summed E-state index contributed by atoms with van der Waals surface area (Å²) in [5.41, 5.74) is 2.66. The van der Waals surface area contributed by atoms with Crippen molar-refractivity contribution in [3.05, 3.63) is 71.7 Å². The summed E-state index contributed by atoms with van der Waals surface area (Å²) in [6.45, 7) is 2.22. The number of anilines is 1. The lowest BCUT2D eigenvalue weighted by Crippen LogP contribution is -2.25. The molecule has 2 heterocycles. The Hall–Kier alpha value is -3.48. The van der Waals surface area contributed by atoms with Crippen molar-refractivity contribution in [2.75, 3.05) is 5.01 Å². The van der Waals surface area contributed by atoms with Gasteiger partial charge >= 0.3 is 5.97 Å². The van der Waals surface area contributed by atoms with Gasteiger partial charge in [-0.25, -0.2) is 0 Å². The highest BCUT2D eigenvalue weighted by Crippen LogP contribution is 2.26. The molecule has 2 N–H and O–H groups in total. The molecule has 1 aromatic carbocycles. The fourth-order valence-corrected chi connectivity index (χ4v) is 2.66. The maximum absolute atomic E-state index is 12.9. The van der Waals surface area contributed by atoms with Crippen molar-refractivity contribution in [1.29, 1.82) is 0 Å². The van der Waals surface area contributed by atoms with Gasteiger partial charge in [0.2, 0.25) is 0 Å². The molecule has 2 aromatic rings. The summed E-state index contributed by atoms with van der Waals surface area (Å²) in [5, 5.41) is 17.8. The van der Waals surface area contributed by atoms with E-state index < -0.39 is 5.97 Å². The highest BCUT2D eigenvalue weighted by molar-refractivity contribution is 6.33. The molecule has 132 valence electrons. The number of carbonyl (C=O) groups excluding carboxylic acids is 1. The number of aliphatic carboxylic acids is 1. The number of hydrazone groups is 1. The number of nitrogens with one attached hydrogen (secondary N) is 1. The Bertz CT molecular complexity index is 876. The van der Waals surface area contributed by atoms with Gasteiger partial charge in [-0.3, -0.25) is 14.6 Å². The third-order valence-electron chi connectivity index (χ3n) is 3.89. The van der Waals surface area contributed by atoms with E-state index in [1.807, 2.05) is 18.2 Å². The molecule has 7 nitrogen and oxygen atoms in total. The van der Waals surface area contributed by atoms with Crippen molar-refractivity contribution in [2.45, 2.75) is 19.9 Å². The summed E-state index contributed by atoms with van der Waals surface area (Å²) in [7, 11) is 0. The molecule has 0 saturated carbocycles. The van der Waals surface area contributed by atoms with Crippen LogP contribution in [0.25, 0.3) is 0 Å². The van der Waals surface area contributed by atoms with E-state index in [2.05, 4.69) is 15.4 Å². The Morgan fingerprint density at radius 3 is 2.62 bits per heavy atom. The minimum Gasteiger partial charge on any atom is -0.481 e. The average Bonchev–Trinajstić information content (AvgIpc) is 2.97. The SMILES string of the molecule is C/C(NCc1cccnc1)=C1/C(=O)N(c2ccccc2)N=C1CC(=O)O. The van der Waals surface area contributed by atoms with Crippen LogP contribution < -0.4 is 10.3 Å². The zero-order valence-corrected chi connectivity index (χ0v) is 14.2. The molecule has 1 aliphatic rings. The molecule has 0 fully saturated rings. The molecule has 0 unspecified atom stereocenters. The van der Waals surface area contributed by atoms with E-state index in [1.165, 1.54) is 5.01 Å². The predicted molar refractivity (Wildman–Crippen MR) is 97.4 cm³/mol. The first-order chi connectivity index (χ1) is 12.6. The molecule has 0 saturated heterocycles. The Balaban J connectivity index is 1.89. The second-order valence-corrected chi connectivity index (χ2v) is 5.78. The molecule has 1 aliphatic heterocycles. The van der Waals surface area contributed by atoms with Gasteiger partial charge in [0.15, 0.2) is 0 Å². The van der Waals surface area contributed by atoms with Crippen LogP contribution >= 0.6 is 0 Å². The second kappa shape index (κ2) is 7.60. The number of allylic oxidation sites excluding steroid dienone is 1. The van der Waals surface area contributed by atoms with E-state index in [9.17, 15) is 9.59 Å². The minimum absolute atomic E-state index is 0.238. The van der Waals surface area contributed by atoms with Crippen LogP contribution in [-0.2, 0) is 16.1 Å². The van der Waals surface area contributed by atoms with Gasteiger partial charge in [0.25, 0.3) is 5.91 Å². The van der Waals surface area contributed by atoms with Crippen molar-refractivity contribution in [2.24, 2.45) is 5.10 Å². The van der Waals surface area contributed by atoms with Gasteiger partial charge in [-0.1, -0.05) is 24.3 Å². The van der Waals surface area contributed by atoms with Gasteiger partial charge in [-0.05, 0) is 30.7 Å². The van der Waals surface area contributed by atoms with E-state index in [0.717, 1.165) is 5.56 Å². The van der Waals surface area contributed by atoms with Crippen LogP contribution in [0.5, 0.6) is 0 Å². The normalized spacial score (nSPS) is 15.7. The van der Waals surface area contributed by atoms with Crippen LogP contribution in [0.4, 0.5) is 5.69 Å². The topological polar surface area (TPSA) is 94.9 Å². The van der Waals surface area contributed by atoms with Crippen LogP contribution in [0, 0.1) is 0 Å². The van der Waals surface area contributed by atoms with E-state index in [4.69, 9.17) is 5.11 Å². The summed E-state index contributed by atoms with van der Waals surface area (Å²) in [5.74, 6) is -1.38. The molecule has 3 rings (SSSR count). The molecule has 1 aromatic heterocycles. The molecule has 0 radical (unpaired) electrons. The quantitative estimate of drug-likeness (QED) is 0.780. The van der Waals surface area contributed by atoms with Crippen molar-refractivity contribution in [3.63, 3.8) is 0 Å². The Labute approximate surface area is 150 Å². The predicted octanol–water partition coefficient (Wildman–Crippen LogP) is 2.32. The number of nitrogens with zero attached hydrogens (tertiary/aromatic N) is 3. The highest BCUT2D eigenvalue weighted by Gasteiger charge is 2.33. The van der Waals surface area contributed by atoms with E-state index in [0.29, 0.717) is 23.5 Å². The summed E-state index contributed by atoms with van der Waals surface area (Å²) in [6, 6.07) is 12.7. The van der Waals surface area contributed by atoms with Crippen molar-refractivity contribution in [3.8, 4) is 0 Å². The molecule has 1 amide bonds. The van der Waals surface area contributed by atoms with Crippen LogP contribution in [0.3, 0.4) is 0 Å². The molecule has 0 aliphatic carbocycles. The lowest BCUT2D eigenvalue weighted by Gasteiger charge is -2.13. The van der Waals surface area contributed by atoms with Gasteiger partial charge in [-0.2, -0.15) is 10.1 Å². The fraction of sp³-hybridized carbons (Fsp3) is 0.158. The average molecular weight is 350 g/mol. The van der Waals surface area contributed by atoms with Gasteiger partial charge in [0.1, 0.15) is 0 Å². The number of carboxylic acid groups (broad SMARTS) is 1. The smallest absolute Gasteiger partial charge is 0.309 e. The third kappa shape index (κ3) is 3.77. The van der Waals surface area contributed by atoms with E-state index in [-0.39, 0.29) is 18.0 Å². The molecule has 7 heteroatoms. The number of carboxylic acids is 1. The van der Waals surface area contributed by atoms with Crippen LogP contribution in [0.2, 0.25) is 0 Å². The molecule has 0 atom stereocenters. The minimum atomic E-state index is -1.04. The van der Waals surface area contributed by atoms with Gasteiger partial charge in [0.05, 0.1) is 23.4 Å². The van der Waals surface area contributed by atoms with Crippen LogP contribution in [0.1, 0.15) is 18.9 Å². The van der Waals surface area contributed by atoms with Crippen molar-refractivity contribution < 1.29 is 14.7 Å². The number of aromatic nitrogens is 1. The number of para-hydroxylation sites is 1. The zero-order chi connectivity index (χ0) is 18.5. The summed E-state index contributed by atoms with van der Waals surface area (Å²) in [4.78, 5) is 28.1. The number of hydrogen-bond donors (Lipinski definition) is 2. The Morgan fingerprint density at radius 1 is 1.19 bits per heavy atom. The van der Waals surface area contributed by atoms with Gasteiger partial charge in [0, 0.05) is 24.6 Å². The number of amides is 1. The van der Waals surface area contributed by atoms with Gasteiger partial charge in [-0.15, -0.1) is 0 Å². The Kier molecular flexibility index (Phi) is 5.07. The molecule has 0 spiro atoms. The van der Waals surface area contributed by atoms with Crippen LogP contribution in [-0.4, -0.2) is 27.7 Å². The molecular formula is C19H18N4O3. The first kappa shape index (κ1) is 17.3. The number of benzene rings is 1. The first-order valence-corrected chi connectivity index (χ1v) is 8.09. The number of carbonyl (C=O) groups is 2. The molecule has 26 heavy (non-hydrogen) atoms.